The zero-order valence-corrected chi connectivity index (χ0v) is 13.3. The Balaban J connectivity index is 1.91. The molecule has 0 spiro atoms. The molecule has 2 atom stereocenters. The first kappa shape index (κ1) is 15.2. The fraction of sp³-hybridized carbons (Fsp3) is 0.750. The van der Waals surface area contributed by atoms with E-state index < -0.39 is 0 Å². The highest BCUT2D eigenvalue weighted by molar-refractivity contribution is 5.32. The minimum Gasteiger partial charge on any atom is -0.338 e. The van der Waals surface area contributed by atoms with Crippen LogP contribution in [0.5, 0.6) is 0 Å². The number of hydrogen-bond donors (Lipinski definition) is 1. The van der Waals surface area contributed by atoms with Gasteiger partial charge in [0, 0.05) is 37.1 Å². The molecule has 1 aliphatic heterocycles. The highest BCUT2D eigenvalue weighted by Gasteiger charge is 2.24. The summed E-state index contributed by atoms with van der Waals surface area (Å²) in [5.41, 5.74) is 1.16. The first-order valence-corrected chi connectivity index (χ1v) is 7.84. The molecule has 1 fully saturated rings. The van der Waals surface area contributed by atoms with E-state index >= 15 is 0 Å². The second-order valence-electron chi connectivity index (χ2n) is 6.59. The summed E-state index contributed by atoms with van der Waals surface area (Å²) in [7, 11) is 0. The summed E-state index contributed by atoms with van der Waals surface area (Å²) in [4.78, 5) is 11.4. The van der Waals surface area contributed by atoms with Gasteiger partial charge in [-0.3, -0.25) is 0 Å². The molecule has 112 valence electrons. The van der Waals surface area contributed by atoms with Gasteiger partial charge in [-0.1, -0.05) is 20.8 Å². The van der Waals surface area contributed by atoms with Gasteiger partial charge in [-0.15, -0.1) is 0 Å². The van der Waals surface area contributed by atoms with Crippen LogP contribution in [-0.2, 0) is 6.54 Å². The van der Waals surface area contributed by atoms with Crippen molar-refractivity contribution in [1.82, 2.24) is 15.3 Å². The maximum absolute atomic E-state index is 4.55. The fourth-order valence-corrected chi connectivity index (χ4v) is 2.80. The summed E-state index contributed by atoms with van der Waals surface area (Å²) in [5.74, 6) is 2.38. The van der Waals surface area contributed by atoms with Crippen molar-refractivity contribution in [3.8, 4) is 0 Å². The van der Waals surface area contributed by atoms with Crippen LogP contribution in [0.15, 0.2) is 12.4 Å². The Labute approximate surface area is 123 Å². The zero-order valence-electron chi connectivity index (χ0n) is 13.3. The van der Waals surface area contributed by atoms with Crippen molar-refractivity contribution in [2.24, 2.45) is 11.8 Å². The maximum atomic E-state index is 4.55. The molecule has 0 radical (unpaired) electrons. The van der Waals surface area contributed by atoms with Crippen molar-refractivity contribution < 1.29 is 0 Å². The van der Waals surface area contributed by atoms with E-state index in [-0.39, 0.29) is 0 Å². The van der Waals surface area contributed by atoms with E-state index in [1.54, 1.807) is 0 Å². The van der Waals surface area contributed by atoms with Crippen molar-refractivity contribution >= 4 is 5.95 Å². The van der Waals surface area contributed by atoms with Gasteiger partial charge < -0.3 is 10.2 Å². The molecule has 0 aromatic carbocycles. The number of piperidine rings is 1. The SMILES string of the molecule is CC(C)CNCc1cnc(N2CCC(C)CC2C)nc1. The number of rotatable bonds is 5. The van der Waals surface area contributed by atoms with Crippen molar-refractivity contribution in [1.29, 1.82) is 0 Å². The number of nitrogens with zero attached hydrogens (tertiary/aromatic N) is 3. The van der Waals surface area contributed by atoms with E-state index in [0.29, 0.717) is 12.0 Å². The van der Waals surface area contributed by atoms with Gasteiger partial charge in [-0.2, -0.15) is 0 Å². The topological polar surface area (TPSA) is 41.1 Å². The van der Waals surface area contributed by atoms with Crippen LogP contribution in [0, 0.1) is 11.8 Å². The lowest BCUT2D eigenvalue weighted by molar-refractivity contribution is 0.374. The molecule has 0 saturated carbocycles. The van der Waals surface area contributed by atoms with Crippen molar-refractivity contribution in [3.05, 3.63) is 18.0 Å². The van der Waals surface area contributed by atoms with Crippen LogP contribution >= 0.6 is 0 Å². The largest absolute Gasteiger partial charge is 0.338 e. The predicted octanol–water partition coefficient (Wildman–Crippen LogP) is 2.85. The monoisotopic (exact) mass is 276 g/mol. The van der Waals surface area contributed by atoms with E-state index in [1.165, 1.54) is 12.8 Å². The Hall–Kier alpha value is -1.16. The Morgan fingerprint density at radius 2 is 2.00 bits per heavy atom. The summed E-state index contributed by atoms with van der Waals surface area (Å²) in [6.07, 6.45) is 6.40. The molecule has 2 heterocycles. The summed E-state index contributed by atoms with van der Waals surface area (Å²) < 4.78 is 0. The van der Waals surface area contributed by atoms with Gasteiger partial charge in [0.05, 0.1) is 0 Å². The van der Waals surface area contributed by atoms with Crippen LogP contribution in [-0.4, -0.2) is 29.1 Å². The Morgan fingerprint density at radius 1 is 1.30 bits per heavy atom. The summed E-state index contributed by atoms with van der Waals surface area (Å²) in [6.45, 7) is 12.0. The highest BCUT2D eigenvalue weighted by Crippen LogP contribution is 2.25. The van der Waals surface area contributed by atoms with Crippen molar-refractivity contribution in [2.75, 3.05) is 18.0 Å². The molecule has 1 aromatic rings. The lowest BCUT2D eigenvalue weighted by Crippen LogP contribution is -2.41. The lowest BCUT2D eigenvalue weighted by atomic mass is 9.94. The van der Waals surface area contributed by atoms with Crippen molar-refractivity contribution in [3.63, 3.8) is 0 Å². The van der Waals surface area contributed by atoms with E-state index in [0.717, 1.165) is 37.1 Å². The first-order chi connectivity index (χ1) is 9.56. The summed E-state index contributed by atoms with van der Waals surface area (Å²) >= 11 is 0. The van der Waals surface area contributed by atoms with E-state index in [1.807, 2.05) is 12.4 Å². The smallest absolute Gasteiger partial charge is 0.225 e. The standard InChI is InChI=1S/C16H28N4/c1-12(2)8-17-9-15-10-18-16(19-11-15)20-6-5-13(3)7-14(20)4/h10-14,17H,5-9H2,1-4H3. The minimum atomic E-state index is 0.545. The maximum Gasteiger partial charge on any atom is 0.225 e. The molecule has 1 N–H and O–H groups in total. The van der Waals surface area contributed by atoms with E-state index in [4.69, 9.17) is 0 Å². The number of anilines is 1. The number of nitrogens with one attached hydrogen (secondary N) is 1. The van der Waals surface area contributed by atoms with Gasteiger partial charge in [0.15, 0.2) is 0 Å². The normalized spacial score (nSPS) is 23.4. The summed E-state index contributed by atoms with van der Waals surface area (Å²) in [5, 5.41) is 3.42. The Bertz CT molecular complexity index is 401. The third-order valence-electron chi connectivity index (χ3n) is 3.97. The van der Waals surface area contributed by atoms with Gasteiger partial charge >= 0.3 is 0 Å². The molecular formula is C16H28N4. The molecule has 2 rings (SSSR count). The van der Waals surface area contributed by atoms with Gasteiger partial charge in [-0.05, 0) is 38.1 Å². The van der Waals surface area contributed by atoms with Crippen LogP contribution in [0.3, 0.4) is 0 Å². The average molecular weight is 276 g/mol. The van der Waals surface area contributed by atoms with Crippen LogP contribution in [0.1, 0.15) is 46.1 Å². The molecule has 0 amide bonds. The lowest BCUT2D eigenvalue weighted by Gasteiger charge is -2.36. The molecule has 4 nitrogen and oxygen atoms in total. The van der Waals surface area contributed by atoms with Crippen LogP contribution in [0.25, 0.3) is 0 Å². The number of hydrogen-bond acceptors (Lipinski definition) is 4. The predicted molar refractivity (Wildman–Crippen MR) is 83.8 cm³/mol. The zero-order chi connectivity index (χ0) is 14.5. The summed E-state index contributed by atoms with van der Waals surface area (Å²) in [6, 6.07) is 0.545. The molecule has 20 heavy (non-hydrogen) atoms. The van der Waals surface area contributed by atoms with Crippen LogP contribution < -0.4 is 10.2 Å². The van der Waals surface area contributed by atoms with Crippen LogP contribution in [0.2, 0.25) is 0 Å². The second kappa shape index (κ2) is 7.02. The molecular weight excluding hydrogens is 248 g/mol. The number of aromatic nitrogens is 2. The van der Waals surface area contributed by atoms with Gasteiger partial charge in [0.1, 0.15) is 0 Å². The Kier molecular flexibility index (Phi) is 5.35. The molecule has 0 bridgehead atoms. The van der Waals surface area contributed by atoms with Gasteiger partial charge in [0.2, 0.25) is 5.95 Å². The third-order valence-corrected chi connectivity index (χ3v) is 3.97. The molecule has 0 aliphatic carbocycles. The van der Waals surface area contributed by atoms with Gasteiger partial charge in [0.25, 0.3) is 0 Å². The van der Waals surface area contributed by atoms with Crippen LogP contribution in [0.4, 0.5) is 5.95 Å². The molecule has 2 unspecified atom stereocenters. The Morgan fingerprint density at radius 3 is 2.60 bits per heavy atom. The molecule has 1 saturated heterocycles. The molecule has 4 heteroatoms. The fourth-order valence-electron chi connectivity index (χ4n) is 2.80. The third kappa shape index (κ3) is 4.17. The quantitative estimate of drug-likeness (QED) is 0.898. The van der Waals surface area contributed by atoms with Gasteiger partial charge in [-0.25, -0.2) is 9.97 Å². The first-order valence-electron chi connectivity index (χ1n) is 7.84. The molecule has 1 aromatic heterocycles. The van der Waals surface area contributed by atoms with Crippen molar-refractivity contribution in [2.45, 2.75) is 53.1 Å². The minimum absolute atomic E-state index is 0.545. The van der Waals surface area contributed by atoms with E-state index in [2.05, 4.69) is 47.9 Å². The van der Waals surface area contributed by atoms with E-state index in [9.17, 15) is 0 Å². The molecule has 1 aliphatic rings. The highest BCUT2D eigenvalue weighted by atomic mass is 15.3. The average Bonchev–Trinajstić information content (AvgIpc) is 2.39. The second-order valence-corrected chi connectivity index (χ2v) is 6.59.